The van der Waals surface area contributed by atoms with Gasteiger partial charge in [-0.15, -0.1) is 27.7 Å². The number of hydrogen-bond donors (Lipinski definition) is 4. The van der Waals surface area contributed by atoms with Gasteiger partial charge < -0.3 is 26.2 Å². The van der Waals surface area contributed by atoms with E-state index in [1.807, 2.05) is 0 Å². The lowest BCUT2D eigenvalue weighted by Gasteiger charge is -2.51. The maximum absolute atomic E-state index is 12.9. The molecule has 4 aliphatic heterocycles. The number of thioether (sulfide) groups is 1. The van der Waals surface area contributed by atoms with Crippen molar-refractivity contribution in [2.24, 2.45) is 15.4 Å². The van der Waals surface area contributed by atoms with Crippen molar-refractivity contribution in [3.63, 3.8) is 0 Å². The van der Waals surface area contributed by atoms with Crippen molar-refractivity contribution < 1.29 is 34.1 Å². The van der Waals surface area contributed by atoms with E-state index in [1.165, 1.54) is 35.6 Å². The van der Waals surface area contributed by atoms with Crippen LogP contribution in [0.4, 0.5) is 5.13 Å². The van der Waals surface area contributed by atoms with E-state index in [0.717, 1.165) is 16.2 Å². The first-order valence-electron chi connectivity index (χ1n) is 9.87. The molecular weight excluding hydrogens is 502 g/mol. The topological polar surface area (TPSA) is 215 Å². The Labute approximate surface area is 203 Å². The van der Waals surface area contributed by atoms with Gasteiger partial charge in [-0.05, 0) is 0 Å². The highest BCUT2D eigenvalue weighted by Gasteiger charge is 2.54. The molecule has 0 bridgehead atoms. The van der Waals surface area contributed by atoms with E-state index < -0.39 is 40.8 Å². The van der Waals surface area contributed by atoms with Crippen LogP contribution < -0.4 is 21.6 Å². The van der Waals surface area contributed by atoms with Gasteiger partial charge in [-0.25, -0.2) is 4.98 Å². The number of nitrogen functional groups attached to an aromatic ring is 1. The lowest BCUT2D eigenvalue weighted by Crippen LogP contribution is -2.72. The third kappa shape index (κ3) is 3.65. The van der Waals surface area contributed by atoms with E-state index in [1.54, 1.807) is 0 Å². The number of amides is 3. The standard InChI is InChI=1S/C18H15N9O6S2/c19-18-21-8(5-35-18)11(25-33)14(29)22-12-15(30)26-13(17(31)32)7(4-34-16(12)26)3-27-6-20-23-9(27)1-2-10(28)24-27/h1-2,5-6,12,16H,3-4H2,(H5-,19,21,22,24,28,29,31,32,33)/t12-,16?,27?/m1/s1. The Morgan fingerprint density at radius 2 is 2.20 bits per heavy atom. The minimum atomic E-state index is -1.58. The summed E-state index contributed by atoms with van der Waals surface area (Å²) in [5.41, 5.74) is 7.80. The van der Waals surface area contributed by atoms with Gasteiger partial charge >= 0.3 is 0 Å². The first kappa shape index (κ1) is 22.7. The lowest BCUT2D eigenvalue weighted by molar-refractivity contribution is -0.772. The SMILES string of the molecule is Nc1nc(/C(=N/O)C(=O)N[C@@H]2C(=O)N3C(C(=O)[O-])=C(C[N+]45C=NN=C4C=CC(=O)N5)CSC23)cs1. The lowest BCUT2D eigenvalue weighted by atomic mass is 10.0. The number of quaternary nitrogens is 1. The van der Waals surface area contributed by atoms with Gasteiger partial charge in [-0.3, -0.25) is 19.3 Å². The van der Waals surface area contributed by atoms with Crippen molar-refractivity contribution >= 4 is 69.8 Å². The van der Waals surface area contributed by atoms with Gasteiger partial charge in [0, 0.05) is 28.9 Å². The zero-order valence-corrected chi connectivity index (χ0v) is 19.1. The number of amidine groups is 1. The van der Waals surface area contributed by atoms with Crippen LogP contribution in [0.15, 0.2) is 44.2 Å². The molecule has 15 nitrogen and oxygen atoms in total. The number of fused-ring (bicyclic) bond motifs is 2. The third-order valence-electron chi connectivity index (χ3n) is 5.56. The smallest absolute Gasteiger partial charge is 0.289 e. The molecule has 17 heteroatoms. The van der Waals surface area contributed by atoms with E-state index in [2.05, 4.69) is 31.1 Å². The molecule has 1 aromatic rings. The van der Waals surface area contributed by atoms with Gasteiger partial charge in [0.05, 0.1) is 11.7 Å². The summed E-state index contributed by atoms with van der Waals surface area (Å²) in [6.07, 6.45) is 4.11. The van der Waals surface area contributed by atoms with Crippen LogP contribution in [0.3, 0.4) is 0 Å². The molecule has 0 saturated carbocycles. The quantitative estimate of drug-likeness (QED) is 0.0998. The number of oxime groups is 1. The number of hydrogen-bond acceptors (Lipinski definition) is 13. The Bertz CT molecular complexity index is 1330. The molecule has 5 heterocycles. The number of rotatable bonds is 6. The number of thiazole rings is 1. The molecular formula is C18H15N9O6S2. The Hall–Kier alpha value is -4.09. The number of carbonyl (C=O) groups excluding carboxylic acids is 4. The predicted molar refractivity (Wildman–Crippen MR) is 120 cm³/mol. The van der Waals surface area contributed by atoms with E-state index in [9.17, 15) is 29.5 Å². The van der Waals surface area contributed by atoms with Crippen LogP contribution in [0.2, 0.25) is 0 Å². The van der Waals surface area contributed by atoms with E-state index in [-0.39, 0.29) is 33.4 Å². The van der Waals surface area contributed by atoms with Crippen LogP contribution in [-0.2, 0) is 19.2 Å². The molecule has 180 valence electrons. The van der Waals surface area contributed by atoms with Gasteiger partial charge in [0.2, 0.25) is 6.34 Å². The fourth-order valence-electron chi connectivity index (χ4n) is 4.02. The monoisotopic (exact) mass is 517 g/mol. The maximum atomic E-state index is 12.9. The van der Waals surface area contributed by atoms with Crippen molar-refractivity contribution in [2.75, 3.05) is 18.0 Å². The van der Waals surface area contributed by atoms with Crippen LogP contribution >= 0.6 is 23.1 Å². The Morgan fingerprint density at radius 1 is 1.40 bits per heavy atom. The largest absolute Gasteiger partial charge is 0.543 e. The average Bonchev–Trinajstić information content (AvgIpc) is 3.43. The summed E-state index contributed by atoms with van der Waals surface area (Å²) in [6.45, 7) is -0.0468. The van der Waals surface area contributed by atoms with E-state index >= 15 is 0 Å². The van der Waals surface area contributed by atoms with Gasteiger partial charge in [-0.2, -0.15) is 5.43 Å². The fraction of sp³-hybridized carbons (Fsp3) is 0.222. The number of β-lactam (4-membered cyclic amide) rings is 1. The molecule has 0 aromatic carbocycles. The van der Waals surface area contributed by atoms with Crippen molar-refractivity contribution in [1.29, 1.82) is 0 Å². The second-order valence-corrected chi connectivity index (χ2v) is 9.64. The first-order valence-corrected chi connectivity index (χ1v) is 11.8. The van der Waals surface area contributed by atoms with Crippen molar-refractivity contribution in [3.05, 3.63) is 34.5 Å². The van der Waals surface area contributed by atoms with Gasteiger partial charge in [-0.1, -0.05) is 15.4 Å². The zero-order valence-electron chi connectivity index (χ0n) is 17.4. The highest BCUT2D eigenvalue weighted by atomic mass is 32.2. The van der Waals surface area contributed by atoms with Gasteiger partial charge in [0.25, 0.3) is 23.6 Å². The summed E-state index contributed by atoms with van der Waals surface area (Å²) >= 11 is 2.25. The number of carbonyl (C=O) groups is 4. The zero-order chi connectivity index (χ0) is 24.9. The minimum absolute atomic E-state index is 0.0290. The van der Waals surface area contributed by atoms with E-state index in [0.29, 0.717) is 11.4 Å². The highest BCUT2D eigenvalue weighted by Crippen LogP contribution is 2.41. The van der Waals surface area contributed by atoms with Crippen LogP contribution in [0, 0.1) is 0 Å². The molecule has 1 saturated heterocycles. The average molecular weight is 518 g/mol. The molecule has 0 radical (unpaired) electrons. The molecule has 2 unspecified atom stereocenters. The predicted octanol–water partition coefficient (Wildman–Crippen LogP) is -2.92. The molecule has 35 heavy (non-hydrogen) atoms. The molecule has 0 aliphatic carbocycles. The van der Waals surface area contributed by atoms with Crippen LogP contribution in [-0.4, -0.2) is 85.0 Å². The second-order valence-electron chi connectivity index (χ2n) is 7.65. The van der Waals surface area contributed by atoms with E-state index in [4.69, 9.17) is 5.73 Å². The molecule has 1 aromatic heterocycles. The van der Waals surface area contributed by atoms with Crippen molar-refractivity contribution in [2.45, 2.75) is 11.4 Å². The summed E-state index contributed by atoms with van der Waals surface area (Å²) in [6, 6.07) is -1.08. The maximum Gasteiger partial charge on any atom is 0.289 e. The molecule has 4 aliphatic rings. The first-order chi connectivity index (χ1) is 16.7. The summed E-state index contributed by atoms with van der Waals surface area (Å²) < 4.78 is -0.331. The molecule has 3 amide bonds. The van der Waals surface area contributed by atoms with Crippen molar-refractivity contribution in [3.8, 4) is 0 Å². The molecule has 3 atom stereocenters. The molecule has 0 spiro atoms. The number of carboxylic acids is 1. The van der Waals surface area contributed by atoms with Crippen molar-refractivity contribution in [1.82, 2.24) is 20.6 Å². The fourth-order valence-corrected chi connectivity index (χ4v) is 5.91. The molecule has 5 rings (SSSR count). The Morgan fingerprint density at radius 3 is 2.89 bits per heavy atom. The minimum Gasteiger partial charge on any atom is -0.543 e. The Kier molecular flexibility index (Phi) is 5.37. The number of aliphatic carboxylic acids is 1. The second kappa shape index (κ2) is 8.29. The molecule has 1 fully saturated rings. The summed E-state index contributed by atoms with van der Waals surface area (Å²) in [4.78, 5) is 54.5. The number of nitrogens with zero attached hydrogens (tertiary/aromatic N) is 6. The Balaban J connectivity index is 1.37. The number of aromatic nitrogens is 1. The van der Waals surface area contributed by atoms with Gasteiger partial charge in [0.1, 0.15) is 23.7 Å². The third-order valence-corrected chi connectivity index (χ3v) is 7.57. The van der Waals surface area contributed by atoms with Crippen LogP contribution in [0.25, 0.3) is 0 Å². The number of nitrogens with one attached hydrogen (secondary N) is 2. The summed E-state index contributed by atoms with van der Waals surface area (Å²) in [5, 5.41) is 35.3. The van der Waals surface area contributed by atoms with Crippen LogP contribution in [0.1, 0.15) is 5.69 Å². The highest BCUT2D eigenvalue weighted by molar-refractivity contribution is 8.00. The number of nitrogens with two attached hydrogens (primary N) is 1. The molecule has 5 N–H and O–H groups in total. The summed E-state index contributed by atoms with van der Waals surface area (Å²) in [7, 11) is 0. The normalized spacial score (nSPS) is 27.1. The van der Waals surface area contributed by atoms with Crippen LogP contribution in [0.5, 0.6) is 0 Å². The number of carboxylic acid groups (broad SMARTS) is 1. The summed E-state index contributed by atoms with van der Waals surface area (Å²) in [5.74, 6) is -3.02. The van der Waals surface area contributed by atoms with Gasteiger partial charge in [0.15, 0.2) is 10.8 Å². The number of anilines is 1.